The van der Waals surface area contributed by atoms with Crippen molar-refractivity contribution in [1.82, 2.24) is 10.2 Å². The van der Waals surface area contributed by atoms with Crippen LogP contribution in [0.4, 0.5) is 5.69 Å². The highest BCUT2D eigenvalue weighted by Gasteiger charge is 2.33. The molecule has 0 radical (unpaired) electrons. The van der Waals surface area contributed by atoms with Crippen LogP contribution in [-0.2, 0) is 26.2 Å². The lowest BCUT2D eigenvalue weighted by Crippen LogP contribution is -2.51. The molecule has 10 heteroatoms. The summed E-state index contributed by atoms with van der Waals surface area (Å²) >= 11 is 12.4. The largest absolute Gasteiger partial charge is 0.354 e. The molecule has 0 bridgehead atoms. The summed E-state index contributed by atoms with van der Waals surface area (Å²) in [5.74, 6) is -0.657. The normalized spacial score (nSPS) is 12.2. The van der Waals surface area contributed by atoms with Crippen LogP contribution in [0.3, 0.4) is 0 Å². The number of benzene rings is 3. The van der Waals surface area contributed by atoms with Crippen molar-refractivity contribution in [2.24, 2.45) is 5.92 Å². The first-order valence-electron chi connectivity index (χ1n) is 12.6. The fourth-order valence-electron chi connectivity index (χ4n) is 3.94. The van der Waals surface area contributed by atoms with E-state index < -0.39 is 28.5 Å². The first kappa shape index (κ1) is 30.5. The van der Waals surface area contributed by atoms with Crippen LogP contribution >= 0.6 is 23.2 Å². The van der Waals surface area contributed by atoms with Crippen LogP contribution in [0.25, 0.3) is 0 Å². The Kier molecular flexibility index (Phi) is 10.4. The van der Waals surface area contributed by atoms with E-state index in [1.165, 1.54) is 35.2 Å². The van der Waals surface area contributed by atoms with Gasteiger partial charge in [0.1, 0.15) is 12.6 Å². The van der Waals surface area contributed by atoms with E-state index in [1.807, 2.05) is 45.0 Å². The molecule has 39 heavy (non-hydrogen) atoms. The molecule has 0 aliphatic carbocycles. The number of hydrogen-bond donors (Lipinski definition) is 1. The number of carbonyl (C=O) groups is 2. The molecule has 1 N–H and O–H groups in total. The Balaban J connectivity index is 2.04. The molecule has 0 spiro atoms. The van der Waals surface area contributed by atoms with E-state index in [-0.39, 0.29) is 39.0 Å². The Morgan fingerprint density at radius 3 is 2.08 bits per heavy atom. The molecule has 0 aromatic heterocycles. The van der Waals surface area contributed by atoms with Gasteiger partial charge in [-0.25, -0.2) is 8.42 Å². The maximum Gasteiger partial charge on any atom is 0.264 e. The summed E-state index contributed by atoms with van der Waals surface area (Å²) < 4.78 is 28.6. The number of halogens is 2. The smallest absolute Gasteiger partial charge is 0.264 e. The maximum absolute atomic E-state index is 13.9. The van der Waals surface area contributed by atoms with E-state index in [4.69, 9.17) is 23.2 Å². The van der Waals surface area contributed by atoms with Gasteiger partial charge in [0.2, 0.25) is 11.8 Å². The standard InChI is InChI=1S/C29H33Cl2N3O4S/c1-20(2)17-32-29(36)22(4)33(18-23-11-9-8-10-21(23)3)28(35)19-34(26-15-24(30)14-25(31)16-26)39(37,38)27-12-6-5-7-13-27/h5-16,20,22H,17-19H2,1-4H3,(H,32,36)/t22-/m1/s1. The van der Waals surface area contributed by atoms with Gasteiger partial charge in [0.15, 0.2) is 0 Å². The zero-order valence-electron chi connectivity index (χ0n) is 22.4. The van der Waals surface area contributed by atoms with Crippen LogP contribution in [-0.4, -0.2) is 44.3 Å². The number of sulfonamides is 1. The van der Waals surface area contributed by atoms with Crippen molar-refractivity contribution < 1.29 is 18.0 Å². The third-order valence-corrected chi connectivity index (χ3v) is 8.42. The van der Waals surface area contributed by atoms with Crippen LogP contribution in [0.15, 0.2) is 77.7 Å². The van der Waals surface area contributed by atoms with Gasteiger partial charge < -0.3 is 10.2 Å². The SMILES string of the molecule is Cc1ccccc1CN(C(=O)CN(c1cc(Cl)cc(Cl)c1)S(=O)(=O)c1ccccc1)[C@H](C)C(=O)NCC(C)C. The number of hydrogen-bond acceptors (Lipinski definition) is 4. The Hall–Kier alpha value is -3.07. The Labute approximate surface area is 240 Å². The van der Waals surface area contributed by atoms with Crippen molar-refractivity contribution in [3.05, 3.63) is 94.0 Å². The molecule has 1 atom stereocenters. The Morgan fingerprint density at radius 2 is 1.49 bits per heavy atom. The monoisotopic (exact) mass is 589 g/mol. The molecule has 3 aromatic rings. The summed E-state index contributed by atoms with van der Waals surface area (Å²) in [5.41, 5.74) is 1.93. The van der Waals surface area contributed by atoms with Gasteiger partial charge in [-0.1, -0.05) is 79.5 Å². The molecule has 3 aromatic carbocycles. The number of carbonyl (C=O) groups excluding carboxylic acids is 2. The first-order chi connectivity index (χ1) is 18.4. The van der Waals surface area contributed by atoms with Crippen LogP contribution in [0.5, 0.6) is 0 Å². The molecule has 7 nitrogen and oxygen atoms in total. The average molecular weight is 591 g/mol. The van der Waals surface area contributed by atoms with Crippen molar-refractivity contribution >= 4 is 50.7 Å². The number of rotatable bonds is 11. The molecule has 0 aliphatic heterocycles. The van der Waals surface area contributed by atoms with E-state index in [2.05, 4.69) is 5.32 Å². The van der Waals surface area contributed by atoms with Gasteiger partial charge in [0.25, 0.3) is 10.0 Å². The van der Waals surface area contributed by atoms with Gasteiger partial charge in [-0.3, -0.25) is 13.9 Å². The van der Waals surface area contributed by atoms with Gasteiger partial charge in [-0.05, 0) is 61.2 Å². The minimum Gasteiger partial charge on any atom is -0.354 e. The van der Waals surface area contributed by atoms with Crippen molar-refractivity contribution in [3.63, 3.8) is 0 Å². The summed E-state index contributed by atoms with van der Waals surface area (Å²) in [7, 11) is -4.20. The quantitative estimate of drug-likeness (QED) is 0.311. The second kappa shape index (κ2) is 13.3. The zero-order chi connectivity index (χ0) is 28.7. The van der Waals surface area contributed by atoms with Crippen LogP contribution in [0, 0.1) is 12.8 Å². The van der Waals surface area contributed by atoms with Crippen LogP contribution < -0.4 is 9.62 Å². The molecule has 0 fully saturated rings. The number of anilines is 1. The highest BCUT2D eigenvalue weighted by Crippen LogP contribution is 2.30. The minimum atomic E-state index is -4.20. The summed E-state index contributed by atoms with van der Waals surface area (Å²) in [6.07, 6.45) is 0. The summed E-state index contributed by atoms with van der Waals surface area (Å²) in [4.78, 5) is 28.4. The second-order valence-electron chi connectivity index (χ2n) is 9.72. The van der Waals surface area contributed by atoms with Crippen LogP contribution in [0.1, 0.15) is 31.9 Å². The minimum absolute atomic E-state index is 0.00192. The number of nitrogens with one attached hydrogen (secondary N) is 1. The Morgan fingerprint density at radius 1 is 0.897 bits per heavy atom. The predicted octanol–water partition coefficient (Wildman–Crippen LogP) is 5.69. The van der Waals surface area contributed by atoms with Crippen molar-refractivity contribution in [3.8, 4) is 0 Å². The van der Waals surface area contributed by atoms with Gasteiger partial charge >= 0.3 is 0 Å². The first-order valence-corrected chi connectivity index (χ1v) is 14.7. The molecule has 2 amide bonds. The van der Waals surface area contributed by atoms with Gasteiger partial charge in [0.05, 0.1) is 10.6 Å². The molecular formula is C29H33Cl2N3O4S. The number of nitrogens with zero attached hydrogens (tertiary/aromatic N) is 2. The lowest BCUT2D eigenvalue weighted by Gasteiger charge is -2.32. The van der Waals surface area contributed by atoms with E-state index in [0.29, 0.717) is 6.54 Å². The third-order valence-electron chi connectivity index (χ3n) is 6.20. The van der Waals surface area contributed by atoms with Crippen LogP contribution in [0.2, 0.25) is 10.0 Å². The highest BCUT2D eigenvalue weighted by atomic mass is 35.5. The fraction of sp³-hybridized carbons (Fsp3) is 0.310. The fourth-order valence-corrected chi connectivity index (χ4v) is 5.87. The van der Waals surface area contributed by atoms with Gasteiger partial charge in [-0.15, -0.1) is 0 Å². The number of amides is 2. The van der Waals surface area contributed by atoms with E-state index in [0.717, 1.165) is 15.4 Å². The molecule has 0 unspecified atom stereocenters. The van der Waals surface area contributed by atoms with E-state index >= 15 is 0 Å². The molecule has 0 aliphatic rings. The summed E-state index contributed by atoms with van der Waals surface area (Å²) in [6, 6.07) is 18.8. The summed E-state index contributed by atoms with van der Waals surface area (Å²) in [5, 5.41) is 3.31. The van der Waals surface area contributed by atoms with Crippen molar-refractivity contribution in [2.75, 3.05) is 17.4 Å². The Bertz CT molecular complexity index is 1390. The lowest BCUT2D eigenvalue weighted by molar-refractivity contribution is -0.139. The number of aryl methyl sites for hydroxylation is 1. The van der Waals surface area contributed by atoms with Gasteiger partial charge in [0, 0.05) is 23.1 Å². The molecule has 3 rings (SSSR count). The molecule has 208 valence electrons. The zero-order valence-corrected chi connectivity index (χ0v) is 24.7. The molecular weight excluding hydrogens is 557 g/mol. The molecule has 0 saturated carbocycles. The lowest BCUT2D eigenvalue weighted by atomic mass is 10.1. The average Bonchev–Trinajstić information content (AvgIpc) is 2.89. The summed E-state index contributed by atoms with van der Waals surface area (Å²) in [6.45, 7) is 7.51. The van der Waals surface area contributed by atoms with E-state index in [1.54, 1.807) is 25.1 Å². The highest BCUT2D eigenvalue weighted by molar-refractivity contribution is 7.92. The second-order valence-corrected chi connectivity index (χ2v) is 12.5. The molecule has 0 heterocycles. The third kappa shape index (κ3) is 7.97. The van der Waals surface area contributed by atoms with Crippen molar-refractivity contribution in [1.29, 1.82) is 0 Å². The molecule has 0 saturated heterocycles. The predicted molar refractivity (Wildman–Crippen MR) is 156 cm³/mol. The maximum atomic E-state index is 13.9. The van der Waals surface area contributed by atoms with Gasteiger partial charge in [-0.2, -0.15) is 0 Å². The van der Waals surface area contributed by atoms with Crippen molar-refractivity contribution in [2.45, 2.75) is 45.2 Å². The van der Waals surface area contributed by atoms with E-state index in [9.17, 15) is 18.0 Å². The topological polar surface area (TPSA) is 86.8 Å².